The van der Waals surface area contributed by atoms with E-state index < -0.39 is 21.5 Å². The number of hydrogen-bond donors (Lipinski definition) is 1. The summed E-state index contributed by atoms with van der Waals surface area (Å²) < 4.78 is 41.0. The van der Waals surface area contributed by atoms with Crippen LogP contribution in [0.15, 0.2) is 114 Å². The summed E-state index contributed by atoms with van der Waals surface area (Å²) in [4.78, 5) is 13.7. The van der Waals surface area contributed by atoms with Gasteiger partial charge < -0.3 is 14.8 Å². The lowest BCUT2D eigenvalue weighted by Crippen LogP contribution is -2.47. The smallest absolute Gasteiger partial charge is 0.264 e. The molecule has 0 saturated carbocycles. The number of amides is 1. The highest BCUT2D eigenvalue weighted by molar-refractivity contribution is 7.92. The molecule has 0 fully saturated rings. The fourth-order valence-corrected chi connectivity index (χ4v) is 6.58. The number of rotatable bonds is 10. The average Bonchev–Trinajstić information content (AvgIpc) is 3.01. The maximum Gasteiger partial charge on any atom is 0.264 e. The van der Waals surface area contributed by atoms with Gasteiger partial charge in [-0.05, 0) is 67.4 Å². The molecular weight excluding hydrogens is 536 g/mol. The van der Waals surface area contributed by atoms with E-state index >= 15 is 0 Å². The molecule has 0 bridgehead atoms. The topological polar surface area (TPSA) is 84.9 Å². The first-order valence-electron chi connectivity index (χ1n) is 13.8. The molecule has 0 aliphatic carbocycles. The summed E-state index contributed by atoms with van der Waals surface area (Å²) in [5.41, 5.74) is 0.836. The third-order valence-electron chi connectivity index (χ3n) is 7.54. The summed E-state index contributed by atoms with van der Waals surface area (Å²) in [6, 6.07) is 31.5. The molecule has 0 unspecified atom stereocenters. The summed E-state index contributed by atoms with van der Waals surface area (Å²) >= 11 is 0. The van der Waals surface area contributed by atoms with Crippen LogP contribution < -0.4 is 19.1 Å². The Kier molecular flexibility index (Phi) is 8.31. The van der Waals surface area contributed by atoms with Crippen molar-refractivity contribution < 1.29 is 22.7 Å². The number of hydrogen-bond acceptors (Lipinski definition) is 5. The zero-order valence-electron chi connectivity index (χ0n) is 23.2. The number of ether oxygens (including phenoxy) is 2. The van der Waals surface area contributed by atoms with Crippen molar-refractivity contribution in [2.45, 2.75) is 49.6 Å². The summed E-state index contributed by atoms with van der Waals surface area (Å²) in [5.74, 6) is 1.56. The number of carbonyl (C=O) groups is 1. The summed E-state index contributed by atoms with van der Waals surface area (Å²) in [7, 11) is -4.05. The number of carbonyl (C=O) groups excluding carboxylic acids is 1. The fraction of sp³-hybridized carbons (Fsp3) is 0.242. The lowest BCUT2D eigenvalue weighted by molar-refractivity contribution is -0.121. The highest BCUT2D eigenvalue weighted by Gasteiger charge is 2.39. The molecule has 0 radical (unpaired) electrons. The number of anilines is 1. The van der Waals surface area contributed by atoms with E-state index in [-0.39, 0.29) is 17.5 Å². The molecule has 5 rings (SSSR count). The van der Waals surface area contributed by atoms with Gasteiger partial charge in [-0.25, -0.2) is 8.42 Å². The van der Waals surface area contributed by atoms with Gasteiger partial charge in [0.05, 0.1) is 16.6 Å². The average molecular weight is 571 g/mol. The Labute approximate surface area is 241 Å². The van der Waals surface area contributed by atoms with Crippen LogP contribution >= 0.6 is 0 Å². The Balaban J connectivity index is 1.42. The van der Waals surface area contributed by atoms with E-state index in [1.165, 1.54) is 12.1 Å². The van der Waals surface area contributed by atoms with E-state index in [1.54, 1.807) is 42.5 Å². The van der Waals surface area contributed by atoms with Gasteiger partial charge in [-0.2, -0.15) is 0 Å². The van der Waals surface area contributed by atoms with Crippen molar-refractivity contribution in [1.29, 1.82) is 0 Å². The molecule has 4 aromatic carbocycles. The molecule has 1 amide bonds. The Hall–Kier alpha value is -4.30. The first kappa shape index (κ1) is 28.2. The number of sulfonamides is 1. The molecule has 1 aliphatic heterocycles. The van der Waals surface area contributed by atoms with Crippen LogP contribution in [-0.4, -0.2) is 26.5 Å². The summed E-state index contributed by atoms with van der Waals surface area (Å²) in [5, 5.41) is 3.12. The van der Waals surface area contributed by atoms with E-state index in [1.807, 2.05) is 54.6 Å². The van der Waals surface area contributed by atoms with E-state index in [0.717, 1.165) is 28.5 Å². The van der Waals surface area contributed by atoms with Crippen LogP contribution in [0.4, 0.5) is 5.69 Å². The first-order chi connectivity index (χ1) is 19.8. The number of nitrogens with zero attached hydrogens (tertiary/aromatic N) is 1. The second kappa shape index (κ2) is 12.1. The van der Waals surface area contributed by atoms with Crippen molar-refractivity contribution in [2.75, 3.05) is 10.8 Å². The van der Waals surface area contributed by atoms with E-state index in [9.17, 15) is 13.2 Å². The molecule has 212 valence electrons. The van der Waals surface area contributed by atoms with Crippen molar-refractivity contribution in [3.63, 3.8) is 0 Å². The molecule has 0 spiro atoms. The molecule has 8 heteroatoms. The zero-order valence-corrected chi connectivity index (χ0v) is 24.0. The third-order valence-corrected chi connectivity index (χ3v) is 9.33. The van der Waals surface area contributed by atoms with Crippen molar-refractivity contribution >= 4 is 21.6 Å². The van der Waals surface area contributed by atoms with Gasteiger partial charge in [-0.1, -0.05) is 68.4 Å². The fourth-order valence-electron chi connectivity index (χ4n) is 5.14. The second-order valence-electron chi connectivity index (χ2n) is 10.1. The summed E-state index contributed by atoms with van der Waals surface area (Å²) in [6.07, 6.45) is 2.17. The van der Waals surface area contributed by atoms with Crippen LogP contribution in [0.3, 0.4) is 0 Å². The lowest BCUT2D eigenvalue weighted by atomic mass is 9.83. The normalized spacial score (nSPS) is 15.7. The molecule has 1 N–H and O–H groups in total. The predicted molar refractivity (Wildman–Crippen MR) is 160 cm³/mol. The maximum absolute atomic E-state index is 13.8. The van der Waals surface area contributed by atoms with Crippen LogP contribution in [0.1, 0.15) is 44.7 Å². The second-order valence-corrected chi connectivity index (χ2v) is 12.0. The Morgan fingerprint density at radius 1 is 0.854 bits per heavy atom. The van der Waals surface area contributed by atoms with Gasteiger partial charge in [0, 0.05) is 12.0 Å². The van der Waals surface area contributed by atoms with Gasteiger partial charge in [0.2, 0.25) is 5.91 Å². The minimum atomic E-state index is -4.05. The quantitative estimate of drug-likeness (QED) is 0.225. The standard InChI is InChI=1S/C33H34N2O5S/c1-3-33(4-2)23-30(29-17-11-12-18-31(29)40-33)34-32(36)24-35(41(37,38)28-15-9-6-10-16-28)25-19-21-27(22-20-25)39-26-13-7-5-8-14-26/h5-22,30H,3-4,23-24H2,1-2H3,(H,34,36)/t30-/m1/s1. The molecule has 41 heavy (non-hydrogen) atoms. The first-order valence-corrected chi connectivity index (χ1v) is 15.3. The molecule has 4 aromatic rings. The largest absolute Gasteiger partial charge is 0.487 e. The van der Waals surface area contributed by atoms with Crippen LogP contribution in [-0.2, 0) is 14.8 Å². The molecule has 7 nitrogen and oxygen atoms in total. The van der Waals surface area contributed by atoms with Gasteiger partial charge in [0.25, 0.3) is 10.0 Å². The summed E-state index contributed by atoms with van der Waals surface area (Å²) in [6.45, 7) is 3.77. The van der Waals surface area contributed by atoms with Gasteiger partial charge in [0.15, 0.2) is 0 Å². The van der Waals surface area contributed by atoms with Gasteiger partial charge in [-0.3, -0.25) is 9.10 Å². The molecule has 0 aromatic heterocycles. The van der Waals surface area contributed by atoms with E-state index in [4.69, 9.17) is 9.47 Å². The van der Waals surface area contributed by atoms with Gasteiger partial charge in [0.1, 0.15) is 29.4 Å². The van der Waals surface area contributed by atoms with Gasteiger partial charge in [-0.15, -0.1) is 0 Å². The lowest BCUT2D eigenvalue weighted by Gasteiger charge is -2.41. The number of nitrogens with one attached hydrogen (secondary N) is 1. The van der Waals surface area contributed by atoms with Crippen LogP contribution in [0.25, 0.3) is 0 Å². The molecule has 1 atom stereocenters. The molecule has 0 saturated heterocycles. The molecular formula is C33H34N2O5S. The van der Waals surface area contributed by atoms with Crippen LogP contribution in [0.5, 0.6) is 17.2 Å². The third kappa shape index (κ3) is 6.23. The van der Waals surface area contributed by atoms with Crippen LogP contribution in [0.2, 0.25) is 0 Å². The Bertz CT molecular complexity index is 1570. The van der Waals surface area contributed by atoms with Crippen molar-refractivity contribution in [1.82, 2.24) is 5.32 Å². The maximum atomic E-state index is 13.8. The number of para-hydroxylation sites is 2. The van der Waals surface area contributed by atoms with E-state index in [0.29, 0.717) is 23.6 Å². The van der Waals surface area contributed by atoms with Crippen molar-refractivity contribution in [3.8, 4) is 17.2 Å². The van der Waals surface area contributed by atoms with Crippen molar-refractivity contribution in [3.05, 3.63) is 115 Å². The highest BCUT2D eigenvalue weighted by Crippen LogP contribution is 2.42. The minimum Gasteiger partial charge on any atom is -0.487 e. The Morgan fingerprint density at radius 3 is 2.10 bits per heavy atom. The minimum absolute atomic E-state index is 0.102. The van der Waals surface area contributed by atoms with Crippen molar-refractivity contribution in [2.24, 2.45) is 0 Å². The monoisotopic (exact) mass is 570 g/mol. The van der Waals surface area contributed by atoms with E-state index in [2.05, 4.69) is 19.2 Å². The molecule has 1 heterocycles. The van der Waals surface area contributed by atoms with Gasteiger partial charge >= 0.3 is 0 Å². The molecule has 1 aliphatic rings. The number of benzene rings is 4. The SMILES string of the molecule is CCC1(CC)C[C@@H](NC(=O)CN(c2ccc(Oc3ccccc3)cc2)S(=O)(=O)c2ccccc2)c2ccccc2O1. The zero-order chi connectivity index (χ0) is 28.9. The highest BCUT2D eigenvalue weighted by atomic mass is 32.2. The Morgan fingerprint density at radius 2 is 1.44 bits per heavy atom. The van der Waals surface area contributed by atoms with Crippen LogP contribution in [0, 0.1) is 0 Å². The predicted octanol–water partition coefficient (Wildman–Crippen LogP) is 6.87. The number of fused-ring (bicyclic) bond motifs is 1.